The molecule has 4 nitrogen and oxygen atoms in total. The fourth-order valence-corrected chi connectivity index (χ4v) is 3.22. The standard InChI is InChI=1S/C20H30N2O2S/c1-2-3-4-9-16-24-18-12-10-17(11-13-18)19(23)21-20(25)22-14-7-5-6-8-15-22/h10-13H,2-9,14-16H2,1H3,(H,21,23,25). The van der Waals surface area contributed by atoms with E-state index >= 15 is 0 Å². The van der Waals surface area contributed by atoms with Crippen LogP contribution in [0.2, 0.25) is 0 Å². The second-order valence-corrected chi connectivity index (χ2v) is 6.98. The summed E-state index contributed by atoms with van der Waals surface area (Å²) < 4.78 is 5.71. The molecular formula is C20H30N2O2S. The van der Waals surface area contributed by atoms with Crippen LogP contribution in [0.4, 0.5) is 0 Å². The summed E-state index contributed by atoms with van der Waals surface area (Å²) in [6.07, 6.45) is 9.51. The van der Waals surface area contributed by atoms with Gasteiger partial charge in [-0.3, -0.25) is 10.1 Å². The zero-order valence-corrected chi connectivity index (χ0v) is 16.1. The van der Waals surface area contributed by atoms with Gasteiger partial charge in [0.15, 0.2) is 5.11 Å². The van der Waals surface area contributed by atoms with Gasteiger partial charge in [-0.2, -0.15) is 0 Å². The lowest BCUT2D eigenvalue weighted by Crippen LogP contribution is -2.43. The van der Waals surface area contributed by atoms with Gasteiger partial charge in [0, 0.05) is 18.7 Å². The summed E-state index contributed by atoms with van der Waals surface area (Å²) in [5.74, 6) is 0.659. The van der Waals surface area contributed by atoms with Gasteiger partial charge >= 0.3 is 0 Å². The Morgan fingerprint density at radius 3 is 2.40 bits per heavy atom. The van der Waals surface area contributed by atoms with Crippen LogP contribution in [-0.2, 0) is 0 Å². The van der Waals surface area contributed by atoms with Crippen LogP contribution in [0.3, 0.4) is 0 Å². The first kappa shape index (κ1) is 19.7. The number of thiocarbonyl (C=S) groups is 1. The van der Waals surface area contributed by atoms with Crippen molar-refractivity contribution >= 4 is 23.2 Å². The summed E-state index contributed by atoms with van der Waals surface area (Å²) in [6.45, 7) is 4.79. The van der Waals surface area contributed by atoms with E-state index < -0.39 is 0 Å². The minimum absolute atomic E-state index is 0.149. The van der Waals surface area contributed by atoms with E-state index in [9.17, 15) is 4.79 Å². The lowest BCUT2D eigenvalue weighted by atomic mass is 10.2. The molecule has 1 fully saturated rings. The largest absolute Gasteiger partial charge is 0.494 e. The number of amides is 1. The van der Waals surface area contributed by atoms with Gasteiger partial charge in [0.2, 0.25) is 0 Å². The Labute approximate surface area is 156 Å². The van der Waals surface area contributed by atoms with E-state index in [1.54, 1.807) is 12.1 Å². The molecule has 1 N–H and O–H groups in total. The van der Waals surface area contributed by atoms with Crippen LogP contribution in [-0.4, -0.2) is 35.6 Å². The van der Waals surface area contributed by atoms with Crippen molar-refractivity contribution in [3.63, 3.8) is 0 Å². The first-order chi connectivity index (χ1) is 12.2. The number of ether oxygens (including phenoxy) is 1. The highest BCUT2D eigenvalue weighted by Gasteiger charge is 2.15. The summed E-state index contributed by atoms with van der Waals surface area (Å²) in [5.41, 5.74) is 0.607. The maximum absolute atomic E-state index is 12.4. The molecule has 0 atom stereocenters. The van der Waals surface area contributed by atoms with E-state index in [0.717, 1.165) is 44.7 Å². The molecule has 0 saturated carbocycles. The number of rotatable bonds is 7. The Kier molecular flexibility index (Phi) is 8.73. The number of likely N-dealkylation sites (tertiary alicyclic amines) is 1. The minimum atomic E-state index is -0.149. The molecule has 1 aromatic carbocycles. The van der Waals surface area contributed by atoms with Gasteiger partial charge in [0.1, 0.15) is 5.75 Å². The van der Waals surface area contributed by atoms with Gasteiger partial charge in [-0.15, -0.1) is 0 Å². The van der Waals surface area contributed by atoms with Crippen LogP contribution in [0, 0.1) is 0 Å². The second kappa shape index (κ2) is 11.1. The monoisotopic (exact) mass is 362 g/mol. The van der Waals surface area contributed by atoms with Crippen molar-refractivity contribution < 1.29 is 9.53 Å². The quantitative estimate of drug-likeness (QED) is 0.571. The molecule has 2 rings (SSSR count). The molecule has 138 valence electrons. The van der Waals surface area contributed by atoms with E-state index in [1.165, 1.54) is 32.1 Å². The van der Waals surface area contributed by atoms with Crippen molar-refractivity contribution in [3.05, 3.63) is 29.8 Å². The number of nitrogens with zero attached hydrogens (tertiary/aromatic N) is 1. The van der Waals surface area contributed by atoms with Crippen LogP contribution in [0.5, 0.6) is 5.75 Å². The summed E-state index contributed by atoms with van der Waals surface area (Å²) >= 11 is 5.40. The van der Waals surface area contributed by atoms with Gasteiger partial charge < -0.3 is 9.64 Å². The highest BCUT2D eigenvalue weighted by molar-refractivity contribution is 7.80. The predicted octanol–water partition coefficient (Wildman–Crippen LogP) is 4.54. The van der Waals surface area contributed by atoms with Crippen molar-refractivity contribution in [2.75, 3.05) is 19.7 Å². The highest BCUT2D eigenvalue weighted by atomic mass is 32.1. The number of benzene rings is 1. The van der Waals surface area contributed by atoms with Crippen molar-refractivity contribution in [3.8, 4) is 5.75 Å². The summed E-state index contributed by atoms with van der Waals surface area (Å²) in [4.78, 5) is 14.5. The summed E-state index contributed by atoms with van der Waals surface area (Å²) in [7, 11) is 0. The fourth-order valence-electron chi connectivity index (χ4n) is 2.94. The molecule has 1 amide bonds. The molecule has 0 bridgehead atoms. The van der Waals surface area contributed by atoms with Crippen molar-refractivity contribution in [1.29, 1.82) is 0 Å². The third-order valence-electron chi connectivity index (χ3n) is 4.50. The van der Waals surface area contributed by atoms with Gasteiger partial charge in [-0.05, 0) is 55.7 Å². The van der Waals surface area contributed by atoms with Gasteiger partial charge in [0.05, 0.1) is 6.61 Å². The Morgan fingerprint density at radius 2 is 1.76 bits per heavy atom. The molecule has 0 radical (unpaired) electrons. The van der Waals surface area contributed by atoms with Crippen LogP contribution in [0.1, 0.15) is 68.6 Å². The van der Waals surface area contributed by atoms with E-state index in [0.29, 0.717) is 10.7 Å². The summed E-state index contributed by atoms with van der Waals surface area (Å²) in [5, 5.41) is 3.40. The third-order valence-corrected chi connectivity index (χ3v) is 4.86. The molecular weight excluding hydrogens is 332 g/mol. The number of carbonyl (C=O) groups excluding carboxylic acids is 1. The topological polar surface area (TPSA) is 41.6 Å². The normalized spacial score (nSPS) is 14.7. The lowest BCUT2D eigenvalue weighted by molar-refractivity contribution is 0.0973. The fraction of sp³-hybridized carbons (Fsp3) is 0.600. The van der Waals surface area contributed by atoms with Crippen molar-refractivity contribution in [1.82, 2.24) is 10.2 Å². The molecule has 0 spiro atoms. The van der Waals surface area contributed by atoms with E-state index in [1.807, 2.05) is 12.1 Å². The second-order valence-electron chi connectivity index (χ2n) is 6.59. The van der Waals surface area contributed by atoms with Crippen molar-refractivity contribution in [2.45, 2.75) is 58.3 Å². The highest BCUT2D eigenvalue weighted by Crippen LogP contribution is 2.14. The van der Waals surface area contributed by atoms with Gasteiger partial charge in [0.25, 0.3) is 5.91 Å². The van der Waals surface area contributed by atoms with Crippen LogP contribution in [0.15, 0.2) is 24.3 Å². The zero-order chi connectivity index (χ0) is 17.9. The molecule has 25 heavy (non-hydrogen) atoms. The summed E-state index contributed by atoms with van der Waals surface area (Å²) in [6, 6.07) is 7.29. The van der Waals surface area contributed by atoms with Crippen molar-refractivity contribution in [2.24, 2.45) is 0 Å². The first-order valence-corrected chi connectivity index (χ1v) is 9.94. The molecule has 0 aliphatic carbocycles. The average Bonchev–Trinajstić information content (AvgIpc) is 2.91. The van der Waals surface area contributed by atoms with Crippen LogP contribution >= 0.6 is 12.2 Å². The maximum atomic E-state index is 12.4. The Hall–Kier alpha value is -1.62. The molecule has 0 aromatic heterocycles. The molecule has 1 aromatic rings. The number of unbranched alkanes of at least 4 members (excludes halogenated alkanes) is 3. The van der Waals surface area contributed by atoms with E-state index in [4.69, 9.17) is 17.0 Å². The number of hydrogen-bond acceptors (Lipinski definition) is 3. The average molecular weight is 363 g/mol. The maximum Gasteiger partial charge on any atom is 0.257 e. The molecule has 1 heterocycles. The first-order valence-electron chi connectivity index (χ1n) is 9.54. The van der Waals surface area contributed by atoms with Crippen LogP contribution < -0.4 is 10.1 Å². The molecule has 1 aliphatic heterocycles. The molecule has 0 unspecified atom stereocenters. The number of nitrogens with one attached hydrogen (secondary N) is 1. The smallest absolute Gasteiger partial charge is 0.257 e. The van der Waals surface area contributed by atoms with Gasteiger partial charge in [-0.1, -0.05) is 39.0 Å². The zero-order valence-electron chi connectivity index (χ0n) is 15.3. The van der Waals surface area contributed by atoms with Gasteiger partial charge in [-0.25, -0.2) is 0 Å². The number of hydrogen-bond donors (Lipinski definition) is 1. The molecule has 1 aliphatic rings. The Balaban J connectivity index is 1.78. The SMILES string of the molecule is CCCCCCOc1ccc(C(=O)NC(=S)N2CCCCCC2)cc1. The molecule has 1 saturated heterocycles. The number of carbonyl (C=O) groups is 1. The minimum Gasteiger partial charge on any atom is -0.494 e. The predicted molar refractivity (Wildman–Crippen MR) is 106 cm³/mol. The Morgan fingerprint density at radius 1 is 1.08 bits per heavy atom. The Bertz CT molecular complexity index is 537. The van der Waals surface area contributed by atoms with E-state index in [2.05, 4.69) is 17.1 Å². The van der Waals surface area contributed by atoms with Crippen LogP contribution in [0.25, 0.3) is 0 Å². The lowest BCUT2D eigenvalue weighted by Gasteiger charge is -2.23. The molecule has 5 heteroatoms. The third kappa shape index (κ3) is 7.02. The van der Waals surface area contributed by atoms with E-state index in [-0.39, 0.29) is 5.91 Å².